The summed E-state index contributed by atoms with van der Waals surface area (Å²) in [5, 5.41) is 13.1. The number of carbonyl (C=O) groups is 3. The Morgan fingerprint density at radius 1 is 1.10 bits per heavy atom. The van der Waals surface area contributed by atoms with Gasteiger partial charge in [-0.05, 0) is 70.5 Å². The van der Waals surface area contributed by atoms with Gasteiger partial charge in [-0.25, -0.2) is 10.3 Å². The maximum atomic E-state index is 13.0. The highest BCUT2D eigenvalue weighted by atomic mass is 16.6. The summed E-state index contributed by atoms with van der Waals surface area (Å²) in [4.78, 5) is 43.8. The predicted molar refractivity (Wildman–Crippen MR) is 144 cm³/mol. The number of hydrogen-bond donors (Lipinski definition) is 3. The molecule has 2 aromatic carbocycles. The Balaban J connectivity index is 1.38. The number of pyridine rings is 1. The molecule has 2 atom stereocenters. The molecule has 10 heteroatoms. The molecule has 39 heavy (non-hydrogen) atoms. The molecule has 206 valence electrons. The van der Waals surface area contributed by atoms with E-state index in [1.165, 1.54) is 4.90 Å². The molecule has 2 heterocycles. The zero-order valence-corrected chi connectivity index (χ0v) is 22.6. The topological polar surface area (TPSA) is 130 Å². The number of aromatic nitrogens is 1. The van der Waals surface area contributed by atoms with Gasteiger partial charge >= 0.3 is 6.09 Å². The molecule has 0 aliphatic carbocycles. The highest BCUT2D eigenvalue weighted by Gasteiger charge is 2.38. The van der Waals surface area contributed by atoms with Gasteiger partial charge in [0, 0.05) is 41.3 Å². The van der Waals surface area contributed by atoms with Gasteiger partial charge in [0.2, 0.25) is 5.91 Å². The van der Waals surface area contributed by atoms with Crippen molar-refractivity contribution in [2.45, 2.75) is 52.4 Å². The van der Waals surface area contributed by atoms with Crippen molar-refractivity contribution in [2.24, 2.45) is 5.92 Å². The van der Waals surface area contributed by atoms with E-state index in [4.69, 9.17) is 9.47 Å². The second-order valence-electron chi connectivity index (χ2n) is 10.6. The number of hydroxylamine groups is 1. The SMILES string of the molecule is Cc1cc(COc2ccc(C(=O)N[C@H]3CCN(C(=O)OC(C)(C)C)C[C@@H]3C(=O)NO)cc2)c2ccccc2n1. The van der Waals surface area contributed by atoms with Gasteiger partial charge in [-0.3, -0.25) is 19.8 Å². The van der Waals surface area contributed by atoms with Crippen LogP contribution in [0.2, 0.25) is 0 Å². The molecule has 0 bridgehead atoms. The highest BCUT2D eigenvalue weighted by molar-refractivity contribution is 5.95. The summed E-state index contributed by atoms with van der Waals surface area (Å²) in [5.74, 6) is -1.30. The summed E-state index contributed by atoms with van der Waals surface area (Å²) >= 11 is 0. The van der Waals surface area contributed by atoms with E-state index in [2.05, 4.69) is 10.3 Å². The van der Waals surface area contributed by atoms with Gasteiger partial charge in [-0.1, -0.05) is 18.2 Å². The smallest absolute Gasteiger partial charge is 0.410 e. The number of benzene rings is 2. The van der Waals surface area contributed by atoms with E-state index in [0.717, 1.165) is 22.2 Å². The predicted octanol–water partition coefficient (Wildman–Crippen LogP) is 3.98. The molecule has 1 aromatic heterocycles. The van der Waals surface area contributed by atoms with Crippen molar-refractivity contribution in [3.63, 3.8) is 0 Å². The first kappa shape index (κ1) is 27.8. The first-order valence-corrected chi connectivity index (χ1v) is 12.8. The molecule has 1 aliphatic heterocycles. The molecule has 10 nitrogen and oxygen atoms in total. The van der Waals surface area contributed by atoms with Crippen LogP contribution in [0.25, 0.3) is 10.9 Å². The molecule has 1 fully saturated rings. The quantitative estimate of drug-likeness (QED) is 0.322. The fraction of sp³-hybridized carbons (Fsp3) is 0.379. The van der Waals surface area contributed by atoms with E-state index < -0.39 is 29.6 Å². The lowest BCUT2D eigenvalue weighted by molar-refractivity contribution is -0.135. The lowest BCUT2D eigenvalue weighted by atomic mass is 9.91. The monoisotopic (exact) mass is 534 g/mol. The number of para-hydroxylation sites is 1. The summed E-state index contributed by atoms with van der Waals surface area (Å²) in [6.45, 7) is 7.87. The molecule has 1 aliphatic rings. The standard InChI is InChI=1S/C29H34N4O6/c1-18-15-20(22-7-5-6-8-24(22)30-18)17-38-21-11-9-19(10-12-21)26(34)31-25-13-14-33(16-23(25)27(35)32-37)28(36)39-29(2,3)4/h5-12,15,23,25,37H,13-14,16-17H2,1-4H3,(H,31,34)(H,32,35)/t23-,25-/m0/s1. The summed E-state index contributed by atoms with van der Waals surface area (Å²) in [5.41, 5.74) is 4.19. The number of ether oxygens (including phenoxy) is 2. The summed E-state index contributed by atoms with van der Waals surface area (Å²) in [7, 11) is 0. The van der Waals surface area contributed by atoms with Crippen molar-refractivity contribution >= 4 is 28.8 Å². The molecule has 0 unspecified atom stereocenters. The number of likely N-dealkylation sites (tertiary alicyclic amines) is 1. The molecular formula is C29H34N4O6. The Bertz CT molecular complexity index is 1350. The van der Waals surface area contributed by atoms with Gasteiger partial charge in [0.1, 0.15) is 18.0 Å². The van der Waals surface area contributed by atoms with Crippen molar-refractivity contribution in [2.75, 3.05) is 13.1 Å². The minimum atomic E-state index is -0.846. The number of nitrogens with zero attached hydrogens (tertiary/aromatic N) is 2. The first-order chi connectivity index (χ1) is 18.5. The Morgan fingerprint density at radius 3 is 2.51 bits per heavy atom. The minimum Gasteiger partial charge on any atom is -0.489 e. The Morgan fingerprint density at radius 2 is 1.82 bits per heavy atom. The zero-order valence-electron chi connectivity index (χ0n) is 22.6. The van der Waals surface area contributed by atoms with E-state index in [-0.39, 0.29) is 12.5 Å². The molecule has 1 saturated heterocycles. The summed E-state index contributed by atoms with van der Waals surface area (Å²) < 4.78 is 11.4. The Labute approximate surface area is 227 Å². The average molecular weight is 535 g/mol. The molecule has 0 saturated carbocycles. The third-order valence-electron chi connectivity index (χ3n) is 6.47. The number of aryl methyl sites for hydroxylation is 1. The summed E-state index contributed by atoms with van der Waals surface area (Å²) in [6, 6.07) is 16.0. The van der Waals surface area contributed by atoms with E-state index in [0.29, 0.717) is 30.9 Å². The van der Waals surface area contributed by atoms with Crippen LogP contribution in [0, 0.1) is 12.8 Å². The Hall–Kier alpha value is -4.18. The Kier molecular flexibility index (Phi) is 8.35. The molecule has 3 N–H and O–H groups in total. The average Bonchev–Trinajstić information content (AvgIpc) is 2.90. The van der Waals surface area contributed by atoms with Crippen LogP contribution >= 0.6 is 0 Å². The number of nitrogens with one attached hydrogen (secondary N) is 2. The third kappa shape index (κ3) is 7.02. The largest absolute Gasteiger partial charge is 0.489 e. The fourth-order valence-corrected chi connectivity index (χ4v) is 4.60. The van der Waals surface area contributed by atoms with Crippen LogP contribution in [0.1, 0.15) is 48.8 Å². The molecule has 3 amide bonds. The molecular weight excluding hydrogens is 500 g/mol. The van der Waals surface area contributed by atoms with Crippen LogP contribution in [-0.2, 0) is 16.1 Å². The maximum absolute atomic E-state index is 13.0. The van der Waals surface area contributed by atoms with Crippen LogP contribution in [0.4, 0.5) is 4.79 Å². The minimum absolute atomic E-state index is 0.00218. The van der Waals surface area contributed by atoms with Crippen molar-refractivity contribution in [3.05, 3.63) is 71.4 Å². The number of carbonyl (C=O) groups excluding carboxylic acids is 3. The number of piperidine rings is 1. The zero-order chi connectivity index (χ0) is 28.2. The van der Waals surface area contributed by atoms with E-state index in [9.17, 15) is 19.6 Å². The highest BCUT2D eigenvalue weighted by Crippen LogP contribution is 2.23. The molecule has 3 aromatic rings. The molecule has 0 radical (unpaired) electrons. The first-order valence-electron chi connectivity index (χ1n) is 12.8. The second-order valence-corrected chi connectivity index (χ2v) is 10.6. The van der Waals surface area contributed by atoms with Gasteiger partial charge in [0.15, 0.2) is 0 Å². The number of fused-ring (bicyclic) bond motifs is 1. The van der Waals surface area contributed by atoms with Crippen molar-refractivity contribution in [1.29, 1.82) is 0 Å². The van der Waals surface area contributed by atoms with E-state index in [1.54, 1.807) is 50.5 Å². The van der Waals surface area contributed by atoms with Crippen molar-refractivity contribution in [1.82, 2.24) is 20.7 Å². The number of rotatable bonds is 6. The summed E-state index contributed by atoms with van der Waals surface area (Å²) in [6.07, 6.45) is -0.225. The van der Waals surface area contributed by atoms with Gasteiger partial charge in [-0.15, -0.1) is 0 Å². The normalized spacial score (nSPS) is 17.4. The van der Waals surface area contributed by atoms with Gasteiger partial charge in [0.05, 0.1) is 11.4 Å². The van der Waals surface area contributed by atoms with Crippen molar-refractivity contribution in [3.8, 4) is 5.75 Å². The van der Waals surface area contributed by atoms with Crippen LogP contribution < -0.4 is 15.5 Å². The molecule has 4 rings (SSSR count). The van der Waals surface area contributed by atoms with Crippen LogP contribution in [-0.4, -0.2) is 57.7 Å². The molecule has 0 spiro atoms. The number of amides is 3. The lowest BCUT2D eigenvalue weighted by Crippen LogP contribution is -2.57. The third-order valence-corrected chi connectivity index (χ3v) is 6.47. The van der Waals surface area contributed by atoms with Crippen molar-refractivity contribution < 1.29 is 29.1 Å². The second kappa shape index (κ2) is 11.7. The van der Waals surface area contributed by atoms with Gasteiger partial charge in [-0.2, -0.15) is 0 Å². The van der Waals surface area contributed by atoms with E-state index >= 15 is 0 Å². The maximum Gasteiger partial charge on any atom is 0.410 e. The van der Waals surface area contributed by atoms with Gasteiger partial charge < -0.3 is 19.7 Å². The van der Waals surface area contributed by atoms with Crippen LogP contribution in [0.15, 0.2) is 54.6 Å². The number of hydrogen-bond acceptors (Lipinski definition) is 7. The van der Waals surface area contributed by atoms with Gasteiger partial charge in [0.25, 0.3) is 5.91 Å². The van der Waals surface area contributed by atoms with Crippen LogP contribution in [0.5, 0.6) is 5.75 Å². The van der Waals surface area contributed by atoms with Crippen LogP contribution in [0.3, 0.4) is 0 Å². The fourth-order valence-electron chi connectivity index (χ4n) is 4.60. The van der Waals surface area contributed by atoms with E-state index in [1.807, 2.05) is 37.3 Å². The lowest BCUT2D eigenvalue weighted by Gasteiger charge is -2.38.